The second kappa shape index (κ2) is 7.89. The number of hydrogen-bond acceptors (Lipinski definition) is 6. The summed E-state index contributed by atoms with van der Waals surface area (Å²) in [4.78, 5) is 19.8. The molecule has 3 aromatic heterocycles. The van der Waals surface area contributed by atoms with Gasteiger partial charge in [0.15, 0.2) is 5.76 Å². The SMILES string of the molecule is Cc1noc2nc(-c3ccco3)cc(C(=O)N[C@H](CN(C)C)c3ccccc3)c12. The summed E-state index contributed by atoms with van der Waals surface area (Å²) in [7, 11) is 3.96. The van der Waals surface area contributed by atoms with Gasteiger partial charge in [0, 0.05) is 6.54 Å². The standard InChI is InChI=1S/C22H22N4O3/c1-14-20-16(12-17(19-10-7-11-28-19)24-22(20)29-25-14)21(27)23-18(13-26(2)3)15-8-5-4-6-9-15/h4-12,18H,13H2,1-3H3,(H,23,27)/t18-/m1/s1. The molecule has 0 radical (unpaired) electrons. The topological polar surface area (TPSA) is 84.4 Å². The van der Waals surface area contributed by atoms with E-state index in [0.717, 1.165) is 5.56 Å². The van der Waals surface area contributed by atoms with Gasteiger partial charge in [-0.2, -0.15) is 0 Å². The Morgan fingerprint density at radius 3 is 2.66 bits per heavy atom. The number of nitrogens with zero attached hydrogens (tertiary/aromatic N) is 3. The maximum atomic E-state index is 13.3. The van der Waals surface area contributed by atoms with Gasteiger partial charge in [-0.25, -0.2) is 4.98 Å². The van der Waals surface area contributed by atoms with Gasteiger partial charge in [-0.15, -0.1) is 0 Å². The van der Waals surface area contributed by atoms with Crippen molar-refractivity contribution in [2.24, 2.45) is 0 Å². The number of likely N-dealkylation sites (N-methyl/N-ethyl adjacent to an activating group) is 1. The van der Waals surface area contributed by atoms with Crippen LogP contribution in [0.1, 0.15) is 27.7 Å². The van der Waals surface area contributed by atoms with E-state index in [4.69, 9.17) is 8.94 Å². The summed E-state index contributed by atoms with van der Waals surface area (Å²) in [6, 6.07) is 15.0. The number of aromatic nitrogens is 2. The lowest BCUT2D eigenvalue weighted by molar-refractivity contribution is 0.0931. The number of amides is 1. The van der Waals surface area contributed by atoms with Crippen LogP contribution < -0.4 is 5.32 Å². The van der Waals surface area contributed by atoms with Gasteiger partial charge in [-0.05, 0) is 44.8 Å². The molecular weight excluding hydrogens is 368 g/mol. The predicted octanol–water partition coefficient (Wildman–Crippen LogP) is 3.82. The van der Waals surface area contributed by atoms with Gasteiger partial charge in [-0.1, -0.05) is 35.5 Å². The first-order chi connectivity index (χ1) is 14.0. The molecule has 1 atom stereocenters. The normalized spacial score (nSPS) is 12.4. The van der Waals surface area contributed by atoms with Gasteiger partial charge in [0.05, 0.1) is 28.9 Å². The predicted molar refractivity (Wildman–Crippen MR) is 109 cm³/mol. The van der Waals surface area contributed by atoms with E-state index in [1.165, 1.54) is 0 Å². The van der Waals surface area contributed by atoms with Crippen molar-refractivity contribution in [3.63, 3.8) is 0 Å². The zero-order valence-electron chi connectivity index (χ0n) is 16.5. The molecule has 0 unspecified atom stereocenters. The van der Waals surface area contributed by atoms with Crippen molar-refractivity contribution in [2.45, 2.75) is 13.0 Å². The maximum absolute atomic E-state index is 13.3. The Bertz CT molecular complexity index is 1120. The van der Waals surface area contributed by atoms with Gasteiger partial charge in [0.25, 0.3) is 11.6 Å². The van der Waals surface area contributed by atoms with Crippen molar-refractivity contribution in [1.82, 2.24) is 20.4 Å². The lowest BCUT2D eigenvalue weighted by Crippen LogP contribution is -2.35. The van der Waals surface area contributed by atoms with Crippen LogP contribution in [-0.2, 0) is 0 Å². The summed E-state index contributed by atoms with van der Waals surface area (Å²) in [6.07, 6.45) is 1.56. The van der Waals surface area contributed by atoms with Crippen LogP contribution in [0, 0.1) is 6.92 Å². The number of nitrogens with one attached hydrogen (secondary N) is 1. The van der Waals surface area contributed by atoms with E-state index in [-0.39, 0.29) is 11.9 Å². The molecule has 1 aromatic carbocycles. The van der Waals surface area contributed by atoms with Crippen LogP contribution >= 0.6 is 0 Å². The molecule has 0 fully saturated rings. The largest absolute Gasteiger partial charge is 0.463 e. The van der Waals surface area contributed by atoms with Gasteiger partial charge in [0.2, 0.25) is 0 Å². The van der Waals surface area contributed by atoms with E-state index in [1.807, 2.05) is 49.3 Å². The molecular formula is C22H22N4O3. The second-order valence-corrected chi connectivity index (χ2v) is 7.18. The Hall–Kier alpha value is -3.45. The van der Waals surface area contributed by atoms with Gasteiger partial charge in [-0.3, -0.25) is 4.79 Å². The molecule has 1 amide bonds. The van der Waals surface area contributed by atoms with E-state index < -0.39 is 0 Å². The van der Waals surface area contributed by atoms with Crippen LogP contribution in [0.15, 0.2) is 63.7 Å². The first kappa shape index (κ1) is 18.9. The van der Waals surface area contributed by atoms with Gasteiger partial charge < -0.3 is 19.2 Å². The summed E-state index contributed by atoms with van der Waals surface area (Å²) < 4.78 is 10.8. The third kappa shape index (κ3) is 3.90. The van der Waals surface area contributed by atoms with Crippen molar-refractivity contribution in [3.05, 3.63) is 71.6 Å². The van der Waals surface area contributed by atoms with Crippen LogP contribution in [0.25, 0.3) is 22.6 Å². The summed E-state index contributed by atoms with van der Waals surface area (Å²) in [5, 5.41) is 7.75. The Kier molecular flexibility index (Phi) is 5.14. The summed E-state index contributed by atoms with van der Waals surface area (Å²) in [6.45, 7) is 2.46. The zero-order chi connectivity index (χ0) is 20.4. The van der Waals surface area contributed by atoms with E-state index in [1.54, 1.807) is 31.4 Å². The zero-order valence-corrected chi connectivity index (χ0v) is 16.5. The number of pyridine rings is 1. The fraction of sp³-hybridized carbons (Fsp3) is 0.227. The third-order valence-corrected chi connectivity index (χ3v) is 4.69. The first-order valence-corrected chi connectivity index (χ1v) is 9.34. The molecule has 0 aliphatic rings. The molecule has 29 heavy (non-hydrogen) atoms. The van der Waals surface area contributed by atoms with Crippen LogP contribution in [0.3, 0.4) is 0 Å². The van der Waals surface area contributed by atoms with Crippen LogP contribution in [-0.4, -0.2) is 41.6 Å². The third-order valence-electron chi connectivity index (χ3n) is 4.69. The molecule has 0 aliphatic heterocycles. The summed E-state index contributed by atoms with van der Waals surface area (Å²) >= 11 is 0. The molecule has 4 aromatic rings. The fourth-order valence-electron chi connectivity index (χ4n) is 3.35. The summed E-state index contributed by atoms with van der Waals surface area (Å²) in [5.41, 5.74) is 2.94. The van der Waals surface area contributed by atoms with E-state index in [2.05, 4.69) is 15.5 Å². The maximum Gasteiger partial charge on any atom is 0.259 e. The van der Waals surface area contributed by atoms with Crippen LogP contribution in [0.4, 0.5) is 0 Å². The van der Waals surface area contributed by atoms with Crippen LogP contribution in [0.2, 0.25) is 0 Å². The molecule has 0 saturated heterocycles. The lowest BCUT2D eigenvalue weighted by atomic mass is 10.0. The highest BCUT2D eigenvalue weighted by molar-refractivity contribution is 6.07. The Morgan fingerprint density at radius 1 is 1.17 bits per heavy atom. The molecule has 0 bridgehead atoms. The van der Waals surface area contributed by atoms with Crippen LogP contribution in [0.5, 0.6) is 0 Å². The summed E-state index contributed by atoms with van der Waals surface area (Å²) in [5.74, 6) is 0.343. The van der Waals surface area contributed by atoms with E-state index in [9.17, 15) is 4.79 Å². The van der Waals surface area contributed by atoms with Crippen molar-refractivity contribution < 1.29 is 13.7 Å². The average molecular weight is 390 g/mol. The number of rotatable bonds is 6. The molecule has 148 valence electrons. The second-order valence-electron chi connectivity index (χ2n) is 7.18. The molecule has 0 spiro atoms. The van der Waals surface area contributed by atoms with E-state index in [0.29, 0.717) is 40.4 Å². The number of hydrogen-bond donors (Lipinski definition) is 1. The van der Waals surface area contributed by atoms with Gasteiger partial charge >= 0.3 is 0 Å². The molecule has 4 rings (SSSR count). The van der Waals surface area contributed by atoms with Crippen molar-refractivity contribution >= 4 is 17.0 Å². The van der Waals surface area contributed by atoms with Crippen molar-refractivity contribution in [1.29, 1.82) is 0 Å². The molecule has 0 aliphatic carbocycles. The van der Waals surface area contributed by atoms with E-state index >= 15 is 0 Å². The highest BCUT2D eigenvalue weighted by atomic mass is 16.5. The average Bonchev–Trinajstić information content (AvgIpc) is 3.37. The molecule has 0 saturated carbocycles. The number of carbonyl (C=O) groups is 1. The smallest absolute Gasteiger partial charge is 0.259 e. The Balaban J connectivity index is 1.74. The molecule has 3 heterocycles. The minimum absolute atomic E-state index is 0.172. The highest BCUT2D eigenvalue weighted by Crippen LogP contribution is 2.28. The quantitative estimate of drug-likeness (QED) is 0.539. The number of carbonyl (C=O) groups excluding carboxylic acids is 1. The molecule has 1 N–H and O–H groups in total. The minimum Gasteiger partial charge on any atom is -0.463 e. The number of fused-ring (bicyclic) bond motifs is 1. The van der Waals surface area contributed by atoms with Gasteiger partial charge in [0.1, 0.15) is 5.69 Å². The van der Waals surface area contributed by atoms with Crippen molar-refractivity contribution in [3.8, 4) is 11.5 Å². The molecule has 7 nitrogen and oxygen atoms in total. The number of furan rings is 1. The van der Waals surface area contributed by atoms with Crippen molar-refractivity contribution in [2.75, 3.05) is 20.6 Å². The monoisotopic (exact) mass is 390 g/mol. The molecule has 7 heteroatoms. The minimum atomic E-state index is -0.216. The number of benzene rings is 1. The lowest BCUT2D eigenvalue weighted by Gasteiger charge is -2.23. The number of aryl methyl sites for hydroxylation is 1. The Labute approximate surface area is 168 Å². The fourth-order valence-corrected chi connectivity index (χ4v) is 3.35. The first-order valence-electron chi connectivity index (χ1n) is 9.34. The Morgan fingerprint density at radius 2 is 1.97 bits per heavy atom. The highest BCUT2D eigenvalue weighted by Gasteiger charge is 2.23.